The van der Waals surface area contributed by atoms with Crippen molar-refractivity contribution in [1.82, 2.24) is 4.98 Å². The topological polar surface area (TPSA) is 12.9 Å². The van der Waals surface area contributed by atoms with Gasteiger partial charge in [0.05, 0.1) is 10.2 Å². The minimum absolute atomic E-state index is 0.942. The molecule has 0 aliphatic rings. The Labute approximate surface area is 110 Å². The van der Waals surface area contributed by atoms with E-state index in [-0.39, 0.29) is 0 Å². The fraction of sp³-hybridized carbons (Fsp3) is 0.0714. The van der Waals surface area contributed by atoms with E-state index in [1.165, 1.54) is 15.8 Å². The van der Waals surface area contributed by atoms with Gasteiger partial charge in [-0.15, -0.1) is 24.0 Å². The predicted octanol–water partition coefficient (Wildman–Crippen LogP) is 4.56. The van der Waals surface area contributed by atoms with Crippen LogP contribution in [0.3, 0.4) is 0 Å². The third kappa shape index (κ3) is 1.96. The highest BCUT2D eigenvalue weighted by Gasteiger charge is 2.07. The molecular weight excluding hydrogens is 246 g/mol. The number of para-hydroxylation sites is 1. The number of nitrogens with zero attached hydrogens (tertiary/aromatic N) is 1. The second-order valence-electron chi connectivity index (χ2n) is 4.01. The van der Waals surface area contributed by atoms with Gasteiger partial charge in [-0.05, 0) is 19.1 Å². The van der Waals surface area contributed by atoms with Crippen LogP contribution in [0.25, 0.3) is 20.8 Å². The molecule has 0 saturated carbocycles. The molecule has 0 atom stereocenters. The molecule has 0 spiro atoms. The molecule has 3 rings (SSSR count). The van der Waals surface area contributed by atoms with Crippen molar-refractivity contribution >= 4 is 34.2 Å². The van der Waals surface area contributed by atoms with E-state index in [1.807, 2.05) is 12.1 Å². The minimum Gasteiger partial charge on any atom is -0.235 e. The molecule has 0 radical (unpaired) electrons. The van der Waals surface area contributed by atoms with Crippen LogP contribution in [-0.2, 0) is 0 Å². The zero-order chi connectivity index (χ0) is 11.8. The number of fused-ring (bicyclic) bond motifs is 1. The monoisotopic (exact) mass is 257 g/mol. The molecule has 0 bridgehead atoms. The molecule has 1 heterocycles. The number of benzene rings is 2. The van der Waals surface area contributed by atoms with E-state index in [4.69, 9.17) is 0 Å². The molecular formula is C14H11NS2. The number of hydrogen-bond donors (Lipinski definition) is 1. The summed E-state index contributed by atoms with van der Waals surface area (Å²) in [6.07, 6.45) is 0. The van der Waals surface area contributed by atoms with Crippen molar-refractivity contribution in [2.24, 2.45) is 0 Å². The first-order valence-corrected chi connectivity index (χ1v) is 6.66. The van der Waals surface area contributed by atoms with Gasteiger partial charge in [-0.1, -0.05) is 35.9 Å². The molecule has 0 N–H and O–H groups in total. The molecule has 0 aliphatic carbocycles. The third-order valence-electron chi connectivity index (χ3n) is 2.70. The maximum atomic E-state index is 4.65. The normalized spacial score (nSPS) is 10.9. The summed E-state index contributed by atoms with van der Waals surface area (Å²) in [5.41, 5.74) is 3.44. The van der Waals surface area contributed by atoms with E-state index < -0.39 is 0 Å². The summed E-state index contributed by atoms with van der Waals surface area (Å²) in [6, 6.07) is 14.5. The Balaban J connectivity index is 2.18. The van der Waals surface area contributed by atoms with Crippen molar-refractivity contribution in [3.8, 4) is 10.6 Å². The van der Waals surface area contributed by atoms with E-state index in [2.05, 4.69) is 54.9 Å². The maximum Gasteiger partial charge on any atom is 0.124 e. The van der Waals surface area contributed by atoms with Crippen LogP contribution in [0.1, 0.15) is 5.56 Å². The maximum absolute atomic E-state index is 4.65. The van der Waals surface area contributed by atoms with Gasteiger partial charge in [0.2, 0.25) is 0 Å². The van der Waals surface area contributed by atoms with E-state index >= 15 is 0 Å². The molecule has 0 saturated heterocycles. The van der Waals surface area contributed by atoms with Crippen molar-refractivity contribution in [2.45, 2.75) is 11.8 Å². The Hall–Kier alpha value is -1.32. The molecule has 17 heavy (non-hydrogen) atoms. The fourth-order valence-corrected chi connectivity index (χ4v) is 3.08. The predicted molar refractivity (Wildman–Crippen MR) is 77.0 cm³/mol. The first kappa shape index (κ1) is 10.8. The molecule has 84 valence electrons. The van der Waals surface area contributed by atoms with E-state index in [1.54, 1.807) is 11.3 Å². The lowest BCUT2D eigenvalue weighted by Gasteiger charge is -1.96. The summed E-state index contributed by atoms with van der Waals surface area (Å²) < 4.78 is 1.19. The largest absolute Gasteiger partial charge is 0.235 e. The molecule has 0 aliphatic heterocycles. The summed E-state index contributed by atoms with van der Waals surface area (Å²) in [4.78, 5) is 5.60. The van der Waals surface area contributed by atoms with Gasteiger partial charge >= 0.3 is 0 Å². The molecule has 3 heteroatoms. The first-order chi connectivity index (χ1) is 8.24. The minimum atomic E-state index is 0.942. The first-order valence-electron chi connectivity index (χ1n) is 5.39. The van der Waals surface area contributed by atoms with Crippen molar-refractivity contribution in [3.63, 3.8) is 0 Å². The quantitative estimate of drug-likeness (QED) is 0.630. The number of hydrogen-bond acceptors (Lipinski definition) is 3. The lowest BCUT2D eigenvalue weighted by atomic mass is 10.2. The zero-order valence-electron chi connectivity index (χ0n) is 9.34. The SMILES string of the molecule is Cc1ccc(-c2nc3c(S)cccc3s2)cc1. The second-order valence-corrected chi connectivity index (χ2v) is 5.52. The fourth-order valence-electron chi connectivity index (χ4n) is 1.75. The summed E-state index contributed by atoms with van der Waals surface area (Å²) >= 11 is 6.15. The third-order valence-corrected chi connectivity index (χ3v) is 4.13. The van der Waals surface area contributed by atoms with Crippen LogP contribution in [0.2, 0.25) is 0 Å². The summed E-state index contributed by atoms with van der Waals surface area (Å²) in [5, 5.41) is 1.06. The number of thiazole rings is 1. The Kier molecular flexibility index (Phi) is 2.65. The zero-order valence-corrected chi connectivity index (χ0v) is 11.1. The van der Waals surface area contributed by atoms with E-state index in [9.17, 15) is 0 Å². The second kappa shape index (κ2) is 4.17. The smallest absolute Gasteiger partial charge is 0.124 e. The Morgan fingerprint density at radius 1 is 1.06 bits per heavy atom. The van der Waals surface area contributed by atoms with Crippen molar-refractivity contribution < 1.29 is 0 Å². The lowest BCUT2D eigenvalue weighted by molar-refractivity contribution is 1.40. The average Bonchev–Trinajstić information content (AvgIpc) is 2.75. The molecule has 0 amide bonds. The molecule has 0 fully saturated rings. The van der Waals surface area contributed by atoms with Gasteiger partial charge in [0.15, 0.2) is 0 Å². The molecule has 1 aromatic heterocycles. The van der Waals surface area contributed by atoms with Crippen LogP contribution in [0, 0.1) is 6.92 Å². The number of aromatic nitrogens is 1. The molecule has 2 aromatic carbocycles. The van der Waals surface area contributed by atoms with Crippen LogP contribution >= 0.6 is 24.0 Å². The Morgan fingerprint density at radius 3 is 2.53 bits per heavy atom. The summed E-state index contributed by atoms with van der Waals surface area (Å²) in [6.45, 7) is 2.09. The van der Waals surface area contributed by atoms with Gasteiger partial charge in [-0.2, -0.15) is 0 Å². The van der Waals surface area contributed by atoms with Crippen molar-refractivity contribution in [2.75, 3.05) is 0 Å². The molecule has 3 aromatic rings. The summed E-state index contributed by atoms with van der Waals surface area (Å²) in [5.74, 6) is 0. The van der Waals surface area contributed by atoms with Gasteiger partial charge in [-0.3, -0.25) is 0 Å². The highest BCUT2D eigenvalue weighted by atomic mass is 32.1. The van der Waals surface area contributed by atoms with E-state index in [0.29, 0.717) is 0 Å². The number of aryl methyl sites for hydroxylation is 1. The van der Waals surface area contributed by atoms with Gasteiger partial charge < -0.3 is 0 Å². The highest BCUT2D eigenvalue weighted by molar-refractivity contribution is 7.80. The van der Waals surface area contributed by atoms with Crippen LogP contribution in [0.5, 0.6) is 0 Å². The van der Waals surface area contributed by atoms with Crippen molar-refractivity contribution in [1.29, 1.82) is 0 Å². The van der Waals surface area contributed by atoms with Gasteiger partial charge in [-0.25, -0.2) is 4.98 Å². The molecule has 1 nitrogen and oxygen atoms in total. The van der Waals surface area contributed by atoms with Gasteiger partial charge in [0, 0.05) is 10.5 Å². The Morgan fingerprint density at radius 2 is 1.82 bits per heavy atom. The van der Waals surface area contributed by atoms with Gasteiger partial charge in [0.25, 0.3) is 0 Å². The van der Waals surface area contributed by atoms with Gasteiger partial charge in [0.1, 0.15) is 5.01 Å². The van der Waals surface area contributed by atoms with Crippen molar-refractivity contribution in [3.05, 3.63) is 48.0 Å². The van der Waals surface area contributed by atoms with Crippen LogP contribution in [0.15, 0.2) is 47.4 Å². The lowest BCUT2D eigenvalue weighted by Crippen LogP contribution is -1.77. The highest BCUT2D eigenvalue weighted by Crippen LogP contribution is 2.32. The van der Waals surface area contributed by atoms with E-state index in [0.717, 1.165) is 15.4 Å². The summed E-state index contributed by atoms with van der Waals surface area (Å²) in [7, 11) is 0. The van der Waals surface area contributed by atoms with Crippen LogP contribution in [0.4, 0.5) is 0 Å². The average molecular weight is 257 g/mol. The number of rotatable bonds is 1. The van der Waals surface area contributed by atoms with Crippen LogP contribution in [-0.4, -0.2) is 4.98 Å². The molecule has 0 unspecified atom stereocenters. The Bertz CT molecular complexity index is 668. The standard InChI is InChI=1S/C14H11NS2/c1-9-5-7-10(8-6-9)14-15-13-11(16)3-2-4-12(13)17-14/h2-8,16H,1H3. The van der Waals surface area contributed by atoms with Crippen LogP contribution < -0.4 is 0 Å². The number of thiol groups is 1.